The smallest absolute Gasteiger partial charge is 0.320 e. The van der Waals surface area contributed by atoms with Crippen molar-refractivity contribution in [1.82, 2.24) is 4.90 Å². The Morgan fingerprint density at radius 2 is 1.79 bits per heavy atom. The van der Waals surface area contributed by atoms with Gasteiger partial charge in [0.15, 0.2) is 0 Å². The summed E-state index contributed by atoms with van der Waals surface area (Å²) in [5.74, 6) is -0.188. The lowest BCUT2D eigenvalue weighted by Crippen LogP contribution is -2.54. The number of benzene rings is 1. The number of hydrogen-bond acceptors (Lipinski definition) is 2. The van der Waals surface area contributed by atoms with E-state index in [4.69, 9.17) is 23.2 Å². The molecule has 19 heavy (non-hydrogen) atoms. The van der Waals surface area contributed by atoms with Gasteiger partial charge in [0.1, 0.15) is 0 Å². The van der Waals surface area contributed by atoms with Gasteiger partial charge in [0.05, 0.1) is 5.69 Å². The molecule has 0 radical (unpaired) electrons. The van der Waals surface area contributed by atoms with E-state index in [1.54, 1.807) is 23.1 Å². The number of hydrogen-bond donors (Lipinski definition) is 0. The predicted octanol–water partition coefficient (Wildman–Crippen LogP) is 3.31. The molecule has 2 aliphatic rings. The Labute approximate surface area is 120 Å². The lowest BCUT2D eigenvalue weighted by atomic mass is 10.1. The Morgan fingerprint density at radius 3 is 2.47 bits per heavy atom. The van der Waals surface area contributed by atoms with Gasteiger partial charge in [0.2, 0.25) is 5.91 Å². The summed E-state index contributed by atoms with van der Waals surface area (Å²) in [6.07, 6.45) is 2.23. The van der Waals surface area contributed by atoms with Crippen LogP contribution >= 0.6 is 23.2 Å². The second kappa shape index (κ2) is 4.69. The van der Waals surface area contributed by atoms with E-state index in [9.17, 15) is 9.59 Å². The Kier molecular flexibility index (Phi) is 3.15. The van der Waals surface area contributed by atoms with Crippen molar-refractivity contribution in [3.8, 4) is 0 Å². The number of fused-ring (bicyclic) bond motifs is 1. The van der Waals surface area contributed by atoms with E-state index >= 15 is 0 Å². The lowest BCUT2D eigenvalue weighted by Gasteiger charge is -2.36. The zero-order valence-corrected chi connectivity index (χ0v) is 11.6. The molecule has 0 spiro atoms. The first-order valence-electron chi connectivity index (χ1n) is 6.16. The number of amides is 3. The third-order valence-electron chi connectivity index (χ3n) is 3.58. The van der Waals surface area contributed by atoms with Crippen molar-refractivity contribution in [1.29, 1.82) is 0 Å². The van der Waals surface area contributed by atoms with Crippen molar-refractivity contribution in [2.45, 2.75) is 25.3 Å². The molecule has 0 saturated carbocycles. The van der Waals surface area contributed by atoms with Crippen LogP contribution in [0.3, 0.4) is 0 Å². The van der Waals surface area contributed by atoms with E-state index in [0.29, 0.717) is 28.7 Å². The van der Waals surface area contributed by atoms with Gasteiger partial charge in [0.25, 0.3) is 0 Å². The number of nitrogens with zero attached hydrogens (tertiary/aromatic N) is 2. The second-order valence-electron chi connectivity index (χ2n) is 4.83. The van der Waals surface area contributed by atoms with Crippen molar-refractivity contribution in [2.75, 3.05) is 11.4 Å². The zero-order chi connectivity index (χ0) is 13.6. The van der Waals surface area contributed by atoms with Crippen LogP contribution in [0.2, 0.25) is 10.0 Å². The van der Waals surface area contributed by atoms with E-state index in [-0.39, 0.29) is 18.0 Å². The van der Waals surface area contributed by atoms with Crippen LogP contribution in [0.15, 0.2) is 18.2 Å². The predicted molar refractivity (Wildman–Crippen MR) is 73.7 cm³/mol. The van der Waals surface area contributed by atoms with Gasteiger partial charge < -0.3 is 4.90 Å². The molecule has 6 heteroatoms. The average Bonchev–Trinajstić information content (AvgIpc) is 2.75. The molecule has 0 bridgehead atoms. The van der Waals surface area contributed by atoms with Crippen LogP contribution in [0.25, 0.3) is 0 Å². The summed E-state index contributed by atoms with van der Waals surface area (Å²) >= 11 is 11.9. The Balaban J connectivity index is 1.98. The first-order chi connectivity index (χ1) is 9.06. The molecule has 1 unspecified atom stereocenters. The fourth-order valence-electron chi connectivity index (χ4n) is 2.75. The molecular weight excluding hydrogens is 287 g/mol. The third-order valence-corrected chi connectivity index (χ3v) is 4.02. The molecule has 1 aromatic carbocycles. The number of halogens is 2. The van der Waals surface area contributed by atoms with Gasteiger partial charge in [-0.3, -0.25) is 4.79 Å². The highest BCUT2D eigenvalue weighted by atomic mass is 35.5. The Bertz CT molecular complexity index is 541. The maximum atomic E-state index is 12.4. The van der Waals surface area contributed by atoms with E-state index in [1.165, 1.54) is 4.90 Å². The number of imide groups is 1. The van der Waals surface area contributed by atoms with Crippen molar-refractivity contribution in [3.63, 3.8) is 0 Å². The van der Waals surface area contributed by atoms with E-state index < -0.39 is 0 Å². The molecule has 100 valence electrons. The minimum atomic E-state index is -0.267. The van der Waals surface area contributed by atoms with Gasteiger partial charge in [-0.2, -0.15) is 0 Å². The number of carbonyl (C=O) groups excluding carboxylic acids is 2. The summed E-state index contributed by atoms with van der Waals surface area (Å²) in [5, 5.41) is 0.818. The van der Waals surface area contributed by atoms with Crippen LogP contribution in [0.4, 0.5) is 10.5 Å². The Hall–Kier alpha value is -1.26. The fraction of sp³-hybridized carbons (Fsp3) is 0.385. The molecule has 2 aliphatic heterocycles. The monoisotopic (exact) mass is 298 g/mol. The highest BCUT2D eigenvalue weighted by Gasteiger charge is 2.41. The molecule has 3 amide bonds. The van der Waals surface area contributed by atoms with Crippen LogP contribution in [0, 0.1) is 0 Å². The van der Waals surface area contributed by atoms with Crippen LogP contribution in [0.5, 0.6) is 0 Å². The van der Waals surface area contributed by atoms with Crippen LogP contribution in [-0.2, 0) is 4.79 Å². The maximum Gasteiger partial charge on any atom is 0.331 e. The van der Waals surface area contributed by atoms with Crippen LogP contribution in [-0.4, -0.2) is 29.4 Å². The van der Waals surface area contributed by atoms with Gasteiger partial charge in [-0.05, 0) is 31.0 Å². The molecule has 4 nitrogen and oxygen atoms in total. The standard InChI is InChI=1S/C13H12Cl2N2O2/c14-8-4-9(15)6-11(5-8)17-12(18)7-10-2-1-3-16(10)13(17)19/h4-6,10H,1-3,7H2. The van der Waals surface area contributed by atoms with E-state index in [1.807, 2.05) is 0 Å². The summed E-state index contributed by atoms with van der Waals surface area (Å²) in [5.41, 5.74) is 0.442. The molecule has 1 atom stereocenters. The largest absolute Gasteiger partial charge is 0.331 e. The molecule has 3 rings (SSSR count). The van der Waals surface area contributed by atoms with Crippen molar-refractivity contribution >= 4 is 40.8 Å². The van der Waals surface area contributed by atoms with Gasteiger partial charge in [0, 0.05) is 29.1 Å². The number of rotatable bonds is 1. The summed E-state index contributed by atoms with van der Waals surface area (Å²) in [7, 11) is 0. The average molecular weight is 299 g/mol. The molecular formula is C13H12Cl2N2O2. The third kappa shape index (κ3) is 2.19. The summed E-state index contributed by atoms with van der Waals surface area (Å²) in [6, 6.07) is 4.53. The molecule has 2 fully saturated rings. The van der Waals surface area contributed by atoms with Crippen LogP contribution < -0.4 is 4.90 Å². The normalized spacial score (nSPS) is 22.9. The SMILES string of the molecule is O=C1CC2CCCN2C(=O)N1c1cc(Cl)cc(Cl)c1. The molecule has 0 aliphatic carbocycles. The zero-order valence-electron chi connectivity index (χ0n) is 10.1. The van der Waals surface area contributed by atoms with Crippen molar-refractivity contribution in [3.05, 3.63) is 28.2 Å². The topological polar surface area (TPSA) is 40.6 Å². The van der Waals surface area contributed by atoms with Crippen LogP contribution in [0.1, 0.15) is 19.3 Å². The van der Waals surface area contributed by atoms with E-state index in [0.717, 1.165) is 12.8 Å². The minimum Gasteiger partial charge on any atom is -0.320 e. The molecule has 2 heterocycles. The van der Waals surface area contributed by atoms with Gasteiger partial charge >= 0.3 is 6.03 Å². The summed E-state index contributed by atoms with van der Waals surface area (Å²) < 4.78 is 0. The first kappa shape index (κ1) is 12.8. The lowest BCUT2D eigenvalue weighted by molar-refractivity contribution is -0.119. The van der Waals surface area contributed by atoms with Crippen molar-refractivity contribution in [2.24, 2.45) is 0 Å². The second-order valence-corrected chi connectivity index (χ2v) is 5.71. The highest BCUT2D eigenvalue weighted by molar-refractivity contribution is 6.35. The van der Waals surface area contributed by atoms with Crippen molar-refractivity contribution < 1.29 is 9.59 Å². The molecule has 0 N–H and O–H groups in total. The Morgan fingerprint density at radius 1 is 1.11 bits per heavy atom. The number of carbonyl (C=O) groups is 2. The van der Waals surface area contributed by atoms with Gasteiger partial charge in [-0.1, -0.05) is 23.2 Å². The minimum absolute atomic E-state index is 0.0610. The molecule has 0 aromatic heterocycles. The van der Waals surface area contributed by atoms with Gasteiger partial charge in [-0.15, -0.1) is 0 Å². The first-order valence-corrected chi connectivity index (χ1v) is 6.91. The highest BCUT2D eigenvalue weighted by Crippen LogP contribution is 2.32. The number of urea groups is 1. The van der Waals surface area contributed by atoms with Gasteiger partial charge in [-0.25, -0.2) is 9.69 Å². The summed E-state index contributed by atoms with van der Waals surface area (Å²) in [6.45, 7) is 0.710. The molecule has 1 aromatic rings. The molecule has 2 saturated heterocycles. The maximum absolute atomic E-state index is 12.4. The quantitative estimate of drug-likeness (QED) is 0.798. The number of anilines is 1. The fourth-order valence-corrected chi connectivity index (χ4v) is 3.27. The summed E-state index contributed by atoms with van der Waals surface area (Å²) in [4.78, 5) is 27.5. The van der Waals surface area contributed by atoms with E-state index in [2.05, 4.69) is 0 Å².